The van der Waals surface area contributed by atoms with Gasteiger partial charge in [0.15, 0.2) is 0 Å². The normalized spacial score (nSPS) is 14.6. The van der Waals surface area contributed by atoms with E-state index in [1.807, 2.05) is 72.1 Å². The number of fused-ring (bicyclic) bond motifs is 3. The molecule has 2 aliphatic rings. The van der Waals surface area contributed by atoms with Crippen molar-refractivity contribution in [3.63, 3.8) is 0 Å². The van der Waals surface area contributed by atoms with Crippen molar-refractivity contribution in [3.8, 4) is 0 Å². The van der Waals surface area contributed by atoms with Crippen molar-refractivity contribution in [1.82, 2.24) is 15.3 Å². The number of hydrogen-bond donors (Lipinski definition) is 3. The number of rotatable bonds is 4. The first kappa shape index (κ1) is 26.7. The molecule has 1 saturated carbocycles. The number of nitrogens with zero attached hydrogens (tertiary/aromatic N) is 2. The lowest BCUT2D eigenvalue weighted by Gasteiger charge is -2.23. The number of hydrogen-bond acceptors (Lipinski definition) is 6. The Morgan fingerprint density at radius 2 is 1.52 bits per heavy atom. The fourth-order valence-corrected chi connectivity index (χ4v) is 4.25. The molecule has 2 heterocycles. The molecule has 0 unspecified atom stereocenters. The lowest BCUT2D eigenvalue weighted by molar-refractivity contribution is 0.462. The molecule has 1 fully saturated rings. The van der Waals surface area contributed by atoms with E-state index in [1.54, 1.807) is 0 Å². The van der Waals surface area contributed by atoms with Gasteiger partial charge >= 0.3 is 0 Å². The number of anilines is 3. The predicted molar refractivity (Wildman–Crippen MR) is 142 cm³/mol. The Balaban J connectivity index is 0.000000501. The molecule has 0 amide bonds. The van der Waals surface area contributed by atoms with Crippen molar-refractivity contribution in [2.45, 2.75) is 85.1 Å². The van der Waals surface area contributed by atoms with Crippen LogP contribution in [0.5, 0.6) is 0 Å². The fraction of sp³-hybridized carbons (Fsp3) is 0.556. The van der Waals surface area contributed by atoms with Gasteiger partial charge in [0.2, 0.25) is 11.7 Å². The molecule has 0 saturated heterocycles. The SMILES string of the molecule is CC.CC.CNC.c1ccc(Nc2nc(NC3CCCCC3)c3c4c(oc3n2)CCC4)cc1. The van der Waals surface area contributed by atoms with Crippen LogP contribution >= 0.6 is 0 Å². The second-order valence-corrected chi connectivity index (χ2v) is 7.90. The highest BCUT2D eigenvalue weighted by atomic mass is 16.3. The third kappa shape index (κ3) is 7.19. The molecule has 0 aliphatic heterocycles. The average Bonchev–Trinajstić information content (AvgIpc) is 3.45. The van der Waals surface area contributed by atoms with Crippen molar-refractivity contribution < 1.29 is 4.42 Å². The lowest BCUT2D eigenvalue weighted by atomic mass is 9.95. The fourth-order valence-electron chi connectivity index (χ4n) is 4.25. The number of para-hydroxylation sites is 1. The minimum Gasteiger partial charge on any atom is -0.442 e. The predicted octanol–water partition coefficient (Wildman–Crippen LogP) is 7.09. The first-order valence-electron chi connectivity index (χ1n) is 12.8. The first-order chi connectivity index (χ1) is 16.3. The van der Waals surface area contributed by atoms with E-state index in [2.05, 4.69) is 20.9 Å². The summed E-state index contributed by atoms with van der Waals surface area (Å²) in [7, 11) is 3.75. The molecule has 3 aromatic rings. The molecular weight excluding hydrogens is 410 g/mol. The maximum absolute atomic E-state index is 6.09. The van der Waals surface area contributed by atoms with Crippen LogP contribution in [0.3, 0.4) is 0 Å². The summed E-state index contributed by atoms with van der Waals surface area (Å²) < 4.78 is 6.09. The van der Waals surface area contributed by atoms with E-state index in [1.165, 1.54) is 37.7 Å². The first-order valence-corrected chi connectivity index (χ1v) is 12.8. The van der Waals surface area contributed by atoms with Crippen LogP contribution in [0.1, 0.15) is 77.5 Å². The van der Waals surface area contributed by atoms with Crippen LogP contribution in [0.2, 0.25) is 0 Å². The Kier molecular flexibility index (Phi) is 11.7. The third-order valence-corrected chi connectivity index (χ3v) is 5.54. The minimum absolute atomic E-state index is 0.498. The van der Waals surface area contributed by atoms with Crippen molar-refractivity contribution in [2.75, 3.05) is 24.7 Å². The molecule has 6 nitrogen and oxygen atoms in total. The number of benzene rings is 1. The molecule has 2 aromatic heterocycles. The molecule has 0 bridgehead atoms. The number of aryl methyl sites for hydroxylation is 2. The summed E-state index contributed by atoms with van der Waals surface area (Å²) in [4.78, 5) is 9.51. The summed E-state index contributed by atoms with van der Waals surface area (Å²) in [6.45, 7) is 8.00. The Bertz CT molecular complexity index is 933. The van der Waals surface area contributed by atoms with Gasteiger partial charge in [-0.15, -0.1) is 0 Å². The highest BCUT2D eigenvalue weighted by Crippen LogP contribution is 2.37. The maximum atomic E-state index is 6.09. The van der Waals surface area contributed by atoms with Gasteiger partial charge in [0.05, 0.1) is 5.39 Å². The summed E-state index contributed by atoms with van der Waals surface area (Å²) in [6, 6.07) is 10.5. The molecule has 3 N–H and O–H groups in total. The van der Waals surface area contributed by atoms with Crippen molar-refractivity contribution >= 4 is 28.6 Å². The van der Waals surface area contributed by atoms with E-state index in [0.29, 0.717) is 17.7 Å². The van der Waals surface area contributed by atoms with E-state index < -0.39 is 0 Å². The van der Waals surface area contributed by atoms with E-state index >= 15 is 0 Å². The molecular formula is C27H43N5O. The van der Waals surface area contributed by atoms with E-state index in [9.17, 15) is 0 Å². The molecule has 2 aliphatic carbocycles. The van der Waals surface area contributed by atoms with Gasteiger partial charge in [-0.05, 0) is 51.9 Å². The van der Waals surface area contributed by atoms with Gasteiger partial charge in [-0.25, -0.2) is 0 Å². The van der Waals surface area contributed by atoms with E-state index in [0.717, 1.165) is 41.9 Å². The molecule has 1 aromatic carbocycles. The van der Waals surface area contributed by atoms with Gasteiger partial charge in [0.25, 0.3) is 0 Å². The van der Waals surface area contributed by atoms with E-state index in [-0.39, 0.29) is 0 Å². The van der Waals surface area contributed by atoms with Gasteiger partial charge < -0.3 is 20.4 Å². The zero-order valence-electron chi connectivity index (χ0n) is 21.4. The molecule has 0 radical (unpaired) electrons. The van der Waals surface area contributed by atoms with Crippen LogP contribution in [0.15, 0.2) is 34.7 Å². The molecule has 33 heavy (non-hydrogen) atoms. The quantitative estimate of drug-likeness (QED) is 0.392. The molecule has 182 valence electrons. The average molecular weight is 454 g/mol. The van der Waals surface area contributed by atoms with Crippen molar-refractivity contribution in [3.05, 3.63) is 41.7 Å². The summed E-state index contributed by atoms with van der Waals surface area (Å²) in [6.07, 6.45) is 9.61. The second-order valence-electron chi connectivity index (χ2n) is 7.90. The van der Waals surface area contributed by atoms with Gasteiger partial charge in [0, 0.05) is 23.7 Å². The van der Waals surface area contributed by atoms with Gasteiger partial charge in [0.1, 0.15) is 11.6 Å². The van der Waals surface area contributed by atoms with Crippen LogP contribution in [0, 0.1) is 0 Å². The summed E-state index contributed by atoms with van der Waals surface area (Å²) in [5.41, 5.74) is 3.00. The van der Waals surface area contributed by atoms with Crippen molar-refractivity contribution in [2.24, 2.45) is 0 Å². The van der Waals surface area contributed by atoms with Crippen LogP contribution in [-0.2, 0) is 12.8 Å². The van der Waals surface area contributed by atoms with Gasteiger partial charge in [-0.1, -0.05) is 65.2 Å². The molecule has 0 spiro atoms. The number of furan rings is 1. The standard InChI is InChI=1S/C21H24N4O.C2H7N.2C2H6/c1-3-8-14(9-4-1)22-19-18-16-12-7-13-17(16)26-20(18)25-21(24-19)23-15-10-5-2-6-11-15;1-3-2;2*1-2/h2,5-6,10-11,14H,1,3-4,7-9,12-13H2,(H2,22,23,24,25);3H,1-2H3;2*1-2H3. The summed E-state index contributed by atoms with van der Waals surface area (Å²) >= 11 is 0. The topological polar surface area (TPSA) is 75.0 Å². The zero-order valence-corrected chi connectivity index (χ0v) is 21.4. The van der Waals surface area contributed by atoms with Gasteiger partial charge in [-0.3, -0.25) is 0 Å². The Hall–Kier alpha value is -2.60. The second kappa shape index (κ2) is 14.5. The van der Waals surface area contributed by atoms with Crippen LogP contribution in [0.4, 0.5) is 17.5 Å². The van der Waals surface area contributed by atoms with Gasteiger partial charge in [-0.2, -0.15) is 9.97 Å². The number of nitrogens with one attached hydrogen (secondary N) is 3. The smallest absolute Gasteiger partial charge is 0.233 e. The highest BCUT2D eigenvalue weighted by Gasteiger charge is 2.25. The Morgan fingerprint density at radius 1 is 0.848 bits per heavy atom. The van der Waals surface area contributed by atoms with Crippen molar-refractivity contribution in [1.29, 1.82) is 0 Å². The molecule has 0 atom stereocenters. The molecule has 6 heteroatoms. The lowest BCUT2D eigenvalue weighted by Crippen LogP contribution is -2.23. The Morgan fingerprint density at radius 3 is 2.18 bits per heavy atom. The largest absolute Gasteiger partial charge is 0.442 e. The summed E-state index contributed by atoms with van der Waals surface area (Å²) in [5, 5.41) is 10.9. The van der Waals surface area contributed by atoms with Crippen LogP contribution < -0.4 is 16.0 Å². The zero-order chi connectivity index (χ0) is 24.1. The number of aromatic nitrogens is 2. The van der Waals surface area contributed by atoms with Crippen LogP contribution in [0.25, 0.3) is 11.1 Å². The highest BCUT2D eigenvalue weighted by molar-refractivity contribution is 5.91. The minimum atomic E-state index is 0.498. The molecule has 5 rings (SSSR count). The van der Waals surface area contributed by atoms with Crippen LogP contribution in [-0.4, -0.2) is 30.1 Å². The summed E-state index contributed by atoms with van der Waals surface area (Å²) in [5.74, 6) is 2.62. The third-order valence-electron chi connectivity index (χ3n) is 5.54. The monoisotopic (exact) mass is 453 g/mol. The Labute approximate surface area is 200 Å². The maximum Gasteiger partial charge on any atom is 0.233 e. The van der Waals surface area contributed by atoms with E-state index in [4.69, 9.17) is 9.40 Å².